The molecule has 2 aromatic carbocycles. The molecule has 6 heteroatoms. The number of hydrogen-bond donors (Lipinski definition) is 2. The number of rotatable bonds is 3. The van der Waals surface area contributed by atoms with Crippen molar-refractivity contribution in [3.05, 3.63) is 52.0 Å². The van der Waals surface area contributed by atoms with Gasteiger partial charge in [-0.2, -0.15) is 0 Å². The topological polar surface area (TPSA) is 72.2 Å². The molecule has 4 nitrogen and oxygen atoms in total. The number of benzene rings is 2. The normalized spacial score (nSPS) is 11.3. The van der Waals surface area contributed by atoms with Crippen LogP contribution in [0.3, 0.4) is 0 Å². The van der Waals surface area contributed by atoms with Crippen molar-refractivity contribution in [2.75, 3.05) is 10.5 Å². The number of nitrogens with two attached hydrogens (primary N) is 1. The van der Waals surface area contributed by atoms with E-state index in [4.69, 9.17) is 5.73 Å². The molecule has 2 aromatic rings. The molecule has 0 heterocycles. The number of hydrogen-bond acceptors (Lipinski definition) is 3. The molecule has 0 aliphatic carbocycles. The highest BCUT2D eigenvalue weighted by atomic mass is 79.9. The van der Waals surface area contributed by atoms with Gasteiger partial charge in [0.25, 0.3) is 10.0 Å². The smallest absolute Gasteiger partial charge is 0.261 e. The number of nitrogen functional groups attached to an aromatic ring is 1. The van der Waals surface area contributed by atoms with Crippen molar-refractivity contribution in [3.63, 3.8) is 0 Å². The molecule has 0 unspecified atom stereocenters. The highest BCUT2D eigenvalue weighted by Gasteiger charge is 2.16. The van der Waals surface area contributed by atoms with Crippen LogP contribution in [0, 0.1) is 13.8 Å². The Balaban J connectivity index is 2.41. The van der Waals surface area contributed by atoms with Gasteiger partial charge in [-0.25, -0.2) is 8.42 Å². The Morgan fingerprint density at radius 1 is 1.05 bits per heavy atom. The summed E-state index contributed by atoms with van der Waals surface area (Å²) < 4.78 is 28.1. The van der Waals surface area contributed by atoms with Crippen molar-refractivity contribution in [2.45, 2.75) is 18.7 Å². The van der Waals surface area contributed by atoms with Gasteiger partial charge in [-0.1, -0.05) is 15.9 Å². The minimum absolute atomic E-state index is 0.219. The molecule has 0 saturated carbocycles. The van der Waals surface area contributed by atoms with Gasteiger partial charge in [-0.05, 0) is 61.4 Å². The van der Waals surface area contributed by atoms with Crippen molar-refractivity contribution in [1.82, 2.24) is 0 Å². The van der Waals surface area contributed by atoms with Crippen LogP contribution in [0.4, 0.5) is 11.4 Å². The van der Waals surface area contributed by atoms with Crippen molar-refractivity contribution in [3.8, 4) is 0 Å². The first-order valence-corrected chi connectivity index (χ1v) is 8.22. The molecule has 0 aliphatic heterocycles. The van der Waals surface area contributed by atoms with E-state index in [0.717, 1.165) is 15.6 Å². The Bertz CT molecular complexity index is 717. The van der Waals surface area contributed by atoms with Crippen molar-refractivity contribution < 1.29 is 8.42 Å². The molecule has 106 valence electrons. The molecule has 0 spiro atoms. The fourth-order valence-electron chi connectivity index (χ4n) is 1.97. The van der Waals surface area contributed by atoms with E-state index >= 15 is 0 Å². The third-order valence-corrected chi connectivity index (χ3v) is 4.81. The second-order valence-corrected chi connectivity index (χ2v) is 7.19. The monoisotopic (exact) mass is 354 g/mol. The molecular formula is C14H15BrN2O2S. The minimum atomic E-state index is -3.60. The van der Waals surface area contributed by atoms with Gasteiger partial charge in [0.2, 0.25) is 0 Å². The van der Waals surface area contributed by atoms with Gasteiger partial charge in [0.05, 0.1) is 10.6 Å². The van der Waals surface area contributed by atoms with E-state index in [9.17, 15) is 8.42 Å². The maximum absolute atomic E-state index is 12.3. The molecule has 0 aromatic heterocycles. The van der Waals surface area contributed by atoms with Crippen LogP contribution < -0.4 is 10.5 Å². The lowest BCUT2D eigenvalue weighted by molar-refractivity contribution is 0.601. The average molecular weight is 355 g/mol. The summed E-state index contributed by atoms with van der Waals surface area (Å²) in [6.07, 6.45) is 0. The Hall–Kier alpha value is -1.53. The zero-order valence-electron chi connectivity index (χ0n) is 11.1. The molecule has 0 atom stereocenters. The molecule has 3 N–H and O–H groups in total. The number of nitrogens with one attached hydrogen (secondary N) is 1. The Morgan fingerprint density at radius 2 is 1.55 bits per heavy atom. The van der Waals surface area contributed by atoms with Gasteiger partial charge in [-0.15, -0.1) is 0 Å². The average Bonchev–Trinajstić information content (AvgIpc) is 2.34. The minimum Gasteiger partial charge on any atom is -0.399 e. The van der Waals surface area contributed by atoms with Crippen molar-refractivity contribution in [1.29, 1.82) is 0 Å². The van der Waals surface area contributed by atoms with E-state index in [0.29, 0.717) is 11.4 Å². The zero-order chi connectivity index (χ0) is 14.9. The highest BCUT2D eigenvalue weighted by Crippen LogP contribution is 2.26. The fraction of sp³-hybridized carbons (Fsp3) is 0.143. The lowest BCUT2D eigenvalue weighted by Gasteiger charge is -2.14. The van der Waals surface area contributed by atoms with Crippen LogP contribution in [0.5, 0.6) is 0 Å². The Labute approximate surface area is 127 Å². The summed E-state index contributed by atoms with van der Waals surface area (Å²) in [5, 5.41) is 0. The number of halogens is 1. The van der Waals surface area contributed by atoms with Crippen molar-refractivity contribution >= 4 is 37.3 Å². The lowest BCUT2D eigenvalue weighted by Crippen LogP contribution is -2.14. The second-order valence-electron chi connectivity index (χ2n) is 4.59. The summed E-state index contributed by atoms with van der Waals surface area (Å²) in [4.78, 5) is 0.219. The highest BCUT2D eigenvalue weighted by molar-refractivity contribution is 9.10. The first kappa shape index (κ1) is 14.9. The van der Waals surface area contributed by atoms with E-state index in [1.54, 1.807) is 36.4 Å². The summed E-state index contributed by atoms with van der Waals surface area (Å²) in [5.74, 6) is 0. The van der Waals surface area contributed by atoms with Gasteiger partial charge in [0, 0.05) is 10.2 Å². The third-order valence-electron chi connectivity index (χ3n) is 2.92. The molecule has 0 saturated heterocycles. The quantitative estimate of drug-likeness (QED) is 0.829. The number of anilines is 2. The number of sulfonamides is 1. The Morgan fingerprint density at radius 3 is 2.05 bits per heavy atom. The fourth-order valence-corrected chi connectivity index (χ4v) is 3.43. The van der Waals surface area contributed by atoms with E-state index in [2.05, 4.69) is 20.7 Å². The summed E-state index contributed by atoms with van der Waals surface area (Å²) in [5.41, 5.74) is 8.52. The van der Waals surface area contributed by atoms with Gasteiger partial charge in [0.1, 0.15) is 0 Å². The molecule has 0 amide bonds. The molecule has 0 aliphatic rings. The Kier molecular flexibility index (Phi) is 4.06. The van der Waals surface area contributed by atoms with Crippen molar-refractivity contribution in [2.24, 2.45) is 0 Å². The summed E-state index contributed by atoms with van der Waals surface area (Å²) in [6.45, 7) is 3.64. The molecule has 20 heavy (non-hydrogen) atoms. The first-order chi connectivity index (χ1) is 9.29. The molecule has 0 bridgehead atoms. The maximum Gasteiger partial charge on any atom is 0.261 e. The molecule has 2 rings (SSSR count). The van der Waals surface area contributed by atoms with Gasteiger partial charge >= 0.3 is 0 Å². The zero-order valence-corrected chi connectivity index (χ0v) is 13.5. The van der Waals surface area contributed by atoms with Crippen LogP contribution in [0.15, 0.2) is 45.8 Å². The summed E-state index contributed by atoms with van der Waals surface area (Å²) in [6, 6.07) is 9.97. The van der Waals surface area contributed by atoms with Gasteiger partial charge in [0.15, 0.2) is 0 Å². The van der Waals surface area contributed by atoms with Crippen LogP contribution in [0.2, 0.25) is 0 Å². The van der Waals surface area contributed by atoms with Crippen LogP contribution in [-0.4, -0.2) is 8.42 Å². The summed E-state index contributed by atoms with van der Waals surface area (Å²) >= 11 is 3.28. The SMILES string of the molecule is Cc1cc(N)cc(C)c1NS(=O)(=O)c1ccc(Br)cc1. The lowest BCUT2D eigenvalue weighted by atomic mass is 10.1. The van der Waals surface area contributed by atoms with E-state index in [-0.39, 0.29) is 4.90 Å². The van der Waals surface area contributed by atoms with Crippen LogP contribution in [-0.2, 0) is 10.0 Å². The van der Waals surface area contributed by atoms with Crippen LogP contribution in [0.1, 0.15) is 11.1 Å². The first-order valence-electron chi connectivity index (χ1n) is 5.95. The molecule has 0 fully saturated rings. The number of aryl methyl sites for hydroxylation is 2. The summed E-state index contributed by atoms with van der Waals surface area (Å²) in [7, 11) is -3.60. The predicted molar refractivity (Wildman–Crippen MR) is 85.3 cm³/mol. The van der Waals surface area contributed by atoms with E-state index in [1.807, 2.05) is 13.8 Å². The van der Waals surface area contributed by atoms with Gasteiger partial charge < -0.3 is 5.73 Å². The van der Waals surface area contributed by atoms with E-state index < -0.39 is 10.0 Å². The standard InChI is InChI=1S/C14H15BrN2O2S/c1-9-7-12(16)8-10(2)14(9)17-20(18,19)13-5-3-11(15)4-6-13/h3-8,17H,16H2,1-2H3. The molecular weight excluding hydrogens is 340 g/mol. The van der Waals surface area contributed by atoms with E-state index in [1.165, 1.54) is 0 Å². The second kappa shape index (κ2) is 5.46. The van der Waals surface area contributed by atoms with Crippen LogP contribution in [0.25, 0.3) is 0 Å². The third kappa shape index (κ3) is 3.13. The largest absolute Gasteiger partial charge is 0.399 e. The van der Waals surface area contributed by atoms with Gasteiger partial charge in [-0.3, -0.25) is 4.72 Å². The predicted octanol–water partition coefficient (Wildman–Crippen LogP) is 3.45. The van der Waals surface area contributed by atoms with Crippen LogP contribution >= 0.6 is 15.9 Å². The maximum atomic E-state index is 12.3. The molecule has 0 radical (unpaired) electrons.